The summed E-state index contributed by atoms with van der Waals surface area (Å²) in [5.41, 5.74) is 6.03. The minimum absolute atomic E-state index is 0.107. The Bertz CT molecular complexity index is 339. The van der Waals surface area contributed by atoms with E-state index in [0.29, 0.717) is 18.9 Å². The Morgan fingerprint density at radius 3 is 3.12 bits per heavy atom. The van der Waals surface area contributed by atoms with Crippen molar-refractivity contribution in [2.75, 3.05) is 6.61 Å². The van der Waals surface area contributed by atoms with Crippen molar-refractivity contribution in [2.45, 2.75) is 32.5 Å². The summed E-state index contributed by atoms with van der Waals surface area (Å²) in [6.45, 7) is 3.18. The molecule has 0 fully saturated rings. The number of rotatable bonds is 7. The van der Waals surface area contributed by atoms with E-state index in [0.717, 1.165) is 6.42 Å². The van der Waals surface area contributed by atoms with Crippen LogP contribution in [0.25, 0.3) is 0 Å². The molecular formula is C9H16N4O3. The van der Waals surface area contributed by atoms with Gasteiger partial charge in [-0.25, -0.2) is 0 Å². The summed E-state index contributed by atoms with van der Waals surface area (Å²) in [6.07, 6.45) is 2.58. The van der Waals surface area contributed by atoms with Crippen molar-refractivity contribution in [3.05, 3.63) is 11.9 Å². The normalized spacial score (nSPS) is 12.6. The van der Waals surface area contributed by atoms with Crippen molar-refractivity contribution in [1.29, 1.82) is 0 Å². The molecule has 0 aliphatic heterocycles. The number of ether oxygens (including phenoxy) is 1. The maximum atomic E-state index is 10.5. The summed E-state index contributed by atoms with van der Waals surface area (Å²) >= 11 is 0. The van der Waals surface area contributed by atoms with Gasteiger partial charge in [-0.1, -0.05) is 12.1 Å². The number of nitrogens with zero attached hydrogens (tertiary/aromatic N) is 3. The third-order valence-corrected chi connectivity index (χ3v) is 1.89. The molecule has 1 aromatic rings. The van der Waals surface area contributed by atoms with E-state index in [1.165, 1.54) is 4.68 Å². The number of hydrogen-bond donors (Lipinski definition) is 2. The van der Waals surface area contributed by atoms with Crippen LogP contribution < -0.4 is 5.73 Å². The third-order valence-electron chi connectivity index (χ3n) is 1.89. The van der Waals surface area contributed by atoms with Crippen molar-refractivity contribution >= 4 is 5.97 Å². The van der Waals surface area contributed by atoms with E-state index in [1.807, 2.05) is 6.92 Å². The fourth-order valence-corrected chi connectivity index (χ4v) is 1.09. The van der Waals surface area contributed by atoms with Gasteiger partial charge in [-0.05, 0) is 6.42 Å². The molecule has 0 bridgehead atoms. The number of aliphatic carboxylic acids is 1. The van der Waals surface area contributed by atoms with Gasteiger partial charge in [0.1, 0.15) is 11.7 Å². The van der Waals surface area contributed by atoms with Crippen LogP contribution in [0.1, 0.15) is 19.0 Å². The number of nitrogens with two attached hydrogens (primary N) is 1. The van der Waals surface area contributed by atoms with Gasteiger partial charge in [-0.3, -0.25) is 9.48 Å². The van der Waals surface area contributed by atoms with E-state index in [4.69, 9.17) is 15.6 Å². The van der Waals surface area contributed by atoms with Gasteiger partial charge in [-0.2, -0.15) is 0 Å². The zero-order valence-electron chi connectivity index (χ0n) is 9.17. The van der Waals surface area contributed by atoms with Crippen LogP contribution in [0.15, 0.2) is 6.20 Å². The number of carboxylic acid groups (broad SMARTS) is 1. The van der Waals surface area contributed by atoms with Crippen LogP contribution >= 0.6 is 0 Å². The summed E-state index contributed by atoms with van der Waals surface area (Å²) < 4.78 is 6.68. The Hall–Kier alpha value is -1.47. The molecule has 0 aliphatic carbocycles. The highest BCUT2D eigenvalue weighted by molar-refractivity contribution is 5.72. The Kier molecular flexibility index (Phi) is 4.87. The molecule has 0 aromatic carbocycles. The minimum Gasteiger partial charge on any atom is -0.480 e. The lowest BCUT2D eigenvalue weighted by Crippen LogP contribution is -2.34. The summed E-state index contributed by atoms with van der Waals surface area (Å²) in [4.78, 5) is 10.5. The predicted molar refractivity (Wildman–Crippen MR) is 55.6 cm³/mol. The largest absolute Gasteiger partial charge is 0.480 e. The molecule has 7 nitrogen and oxygen atoms in total. The van der Waals surface area contributed by atoms with Crippen LogP contribution in [-0.4, -0.2) is 38.7 Å². The van der Waals surface area contributed by atoms with Gasteiger partial charge in [-0.15, -0.1) is 5.10 Å². The number of carboxylic acids is 1. The van der Waals surface area contributed by atoms with Gasteiger partial charge >= 0.3 is 5.97 Å². The second-order valence-corrected chi connectivity index (χ2v) is 3.43. The van der Waals surface area contributed by atoms with Crippen LogP contribution in [0.4, 0.5) is 0 Å². The van der Waals surface area contributed by atoms with Gasteiger partial charge in [0.05, 0.1) is 19.3 Å². The summed E-state index contributed by atoms with van der Waals surface area (Å²) in [6, 6.07) is -0.967. The summed E-state index contributed by atoms with van der Waals surface area (Å²) in [5.74, 6) is -1.06. The van der Waals surface area contributed by atoms with Crippen LogP contribution in [0.5, 0.6) is 0 Å². The van der Waals surface area contributed by atoms with Gasteiger partial charge in [0.2, 0.25) is 0 Å². The van der Waals surface area contributed by atoms with E-state index in [9.17, 15) is 4.79 Å². The first-order valence-electron chi connectivity index (χ1n) is 5.08. The molecule has 1 aromatic heterocycles. The number of aromatic nitrogens is 3. The molecule has 1 atom stereocenters. The molecule has 0 spiro atoms. The lowest BCUT2D eigenvalue weighted by molar-refractivity contribution is -0.138. The van der Waals surface area contributed by atoms with Gasteiger partial charge < -0.3 is 15.6 Å². The average Bonchev–Trinajstić information content (AvgIpc) is 2.66. The van der Waals surface area contributed by atoms with Crippen molar-refractivity contribution in [2.24, 2.45) is 5.73 Å². The first-order chi connectivity index (χ1) is 7.63. The molecule has 7 heteroatoms. The highest BCUT2D eigenvalue weighted by Gasteiger charge is 2.13. The average molecular weight is 228 g/mol. The molecule has 1 rings (SSSR count). The van der Waals surface area contributed by atoms with E-state index in [2.05, 4.69) is 10.3 Å². The fraction of sp³-hybridized carbons (Fsp3) is 0.667. The van der Waals surface area contributed by atoms with Crippen molar-refractivity contribution in [3.8, 4) is 0 Å². The Balaban J connectivity index is 2.42. The van der Waals surface area contributed by atoms with Gasteiger partial charge in [0.25, 0.3) is 0 Å². The van der Waals surface area contributed by atoms with E-state index < -0.39 is 12.0 Å². The van der Waals surface area contributed by atoms with E-state index in [1.54, 1.807) is 6.20 Å². The second kappa shape index (κ2) is 6.19. The number of carbonyl (C=O) groups is 1. The summed E-state index contributed by atoms with van der Waals surface area (Å²) in [7, 11) is 0. The maximum Gasteiger partial charge on any atom is 0.322 e. The second-order valence-electron chi connectivity index (χ2n) is 3.43. The Labute approximate surface area is 93.2 Å². The molecule has 3 N–H and O–H groups in total. The summed E-state index contributed by atoms with van der Waals surface area (Å²) in [5, 5.41) is 16.2. The molecule has 0 aliphatic rings. The molecule has 1 heterocycles. The van der Waals surface area contributed by atoms with Crippen molar-refractivity contribution < 1.29 is 14.6 Å². The van der Waals surface area contributed by atoms with Crippen molar-refractivity contribution in [1.82, 2.24) is 15.0 Å². The number of hydrogen-bond acceptors (Lipinski definition) is 5. The zero-order valence-corrected chi connectivity index (χ0v) is 9.17. The van der Waals surface area contributed by atoms with E-state index >= 15 is 0 Å². The standard InChI is InChI=1S/C9H16N4O3/c1-2-3-16-6-7-4-13(12-11-7)5-8(10)9(14)15/h4,8H,2-3,5-6,10H2,1H3,(H,14,15). The first kappa shape index (κ1) is 12.6. The van der Waals surface area contributed by atoms with Crippen LogP contribution in [-0.2, 0) is 22.7 Å². The predicted octanol–water partition coefficient (Wildman–Crippen LogP) is -0.383. The molecule has 90 valence electrons. The molecule has 0 saturated heterocycles. The molecule has 1 unspecified atom stereocenters. The minimum atomic E-state index is -1.06. The third kappa shape index (κ3) is 3.95. The SMILES string of the molecule is CCCOCc1cn(CC(N)C(=O)O)nn1. The van der Waals surface area contributed by atoms with Crippen LogP contribution in [0.3, 0.4) is 0 Å². The zero-order chi connectivity index (χ0) is 12.0. The topological polar surface area (TPSA) is 103 Å². The van der Waals surface area contributed by atoms with Gasteiger partial charge in [0, 0.05) is 6.61 Å². The Morgan fingerprint density at radius 2 is 2.50 bits per heavy atom. The first-order valence-corrected chi connectivity index (χ1v) is 5.08. The van der Waals surface area contributed by atoms with Crippen molar-refractivity contribution in [3.63, 3.8) is 0 Å². The smallest absolute Gasteiger partial charge is 0.322 e. The highest BCUT2D eigenvalue weighted by atomic mass is 16.5. The monoisotopic (exact) mass is 228 g/mol. The maximum absolute atomic E-state index is 10.5. The van der Waals surface area contributed by atoms with Crippen LogP contribution in [0.2, 0.25) is 0 Å². The molecule has 0 radical (unpaired) electrons. The molecule has 0 amide bonds. The van der Waals surface area contributed by atoms with Crippen LogP contribution in [0, 0.1) is 0 Å². The lowest BCUT2D eigenvalue weighted by atomic mass is 10.3. The van der Waals surface area contributed by atoms with Gasteiger partial charge in [0.15, 0.2) is 0 Å². The Morgan fingerprint density at radius 1 is 1.75 bits per heavy atom. The molecular weight excluding hydrogens is 212 g/mol. The lowest BCUT2D eigenvalue weighted by Gasteiger charge is -2.04. The molecule has 16 heavy (non-hydrogen) atoms. The fourth-order valence-electron chi connectivity index (χ4n) is 1.09. The molecule has 0 saturated carbocycles. The van der Waals surface area contributed by atoms with E-state index in [-0.39, 0.29) is 6.54 Å². The quantitative estimate of drug-likeness (QED) is 0.616. The highest BCUT2D eigenvalue weighted by Crippen LogP contribution is 1.97.